The number of carbonyl (C=O) groups excluding carboxylic acids is 1. The van der Waals surface area contributed by atoms with Crippen LogP contribution >= 0.6 is 11.8 Å². The van der Waals surface area contributed by atoms with Crippen molar-refractivity contribution in [3.8, 4) is 0 Å². The minimum atomic E-state index is 0.199. The number of hydrogen-bond donors (Lipinski definition) is 1. The standard InChI is InChI=1S/C12H21N5OS/c1-2-17-10(8-13)14-15-12(17)19-9-11(18)16-6-4-3-5-7-16/h2-9,13H2,1H3. The molecule has 0 aliphatic carbocycles. The molecule has 1 saturated heterocycles. The van der Waals surface area contributed by atoms with E-state index in [9.17, 15) is 4.79 Å². The summed E-state index contributed by atoms with van der Waals surface area (Å²) in [6.45, 7) is 4.97. The summed E-state index contributed by atoms with van der Waals surface area (Å²) in [5, 5.41) is 8.92. The van der Waals surface area contributed by atoms with Crippen molar-refractivity contribution in [1.29, 1.82) is 0 Å². The lowest BCUT2D eigenvalue weighted by Crippen LogP contribution is -2.36. The number of thioether (sulfide) groups is 1. The van der Waals surface area contributed by atoms with E-state index in [2.05, 4.69) is 10.2 Å². The number of nitrogens with zero attached hydrogens (tertiary/aromatic N) is 4. The van der Waals surface area contributed by atoms with E-state index in [1.165, 1.54) is 18.2 Å². The van der Waals surface area contributed by atoms with Gasteiger partial charge in [-0.3, -0.25) is 4.79 Å². The van der Waals surface area contributed by atoms with Crippen molar-refractivity contribution < 1.29 is 4.79 Å². The van der Waals surface area contributed by atoms with E-state index in [1.54, 1.807) is 0 Å². The predicted molar refractivity (Wildman–Crippen MR) is 74.7 cm³/mol. The number of amides is 1. The Morgan fingerprint density at radius 1 is 1.32 bits per heavy atom. The summed E-state index contributed by atoms with van der Waals surface area (Å²) < 4.78 is 1.97. The number of aromatic nitrogens is 3. The second-order valence-corrected chi connectivity index (χ2v) is 5.52. The number of piperidine rings is 1. The SMILES string of the molecule is CCn1c(CN)nnc1SCC(=O)N1CCCCC1. The molecule has 0 radical (unpaired) electrons. The van der Waals surface area contributed by atoms with Gasteiger partial charge in [0.25, 0.3) is 0 Å². The third-order valence-corrected chi connectivity index (χ3v) is 4.28. The van der Waals surface area contributed by atoms with Crippen molar-refractivity contribution in [1.82, 2.24) is 19.7 Å². The fraction of sp³-hybridized carbons (Fsp3) is 0.750. The van der Waals surface area contributed by atoms with Crippen LogP contribution in [0, 0.1) is 0 Å². The Bertz CT molecular complexity index is 428. The van der Waals surface area contributed by atoms with Crippen molar-refractivity contribution in [2.45, 2.75) is 44.4 Å². The molecule has 0 saturated carbocycles. The molecule has 1 aliphatic rings. The Kier molecular flexibility index (Phi) is 5.21. The number of carbonyl (C=O) groups is 1. The Morgan fingerprint density at radius 3 is 2.68 bits per heavy atom. The molecule has 1 aliphatic heterocycles. The van der Waals surface area contributed by atoms with Gasteiger partial charge >= 0.3 is 0 Å². The van der Waals surface area contributed by atoms with Crippen molar-refractivity contribution in [3.63, 3.8) is 0 Å². The Balaban J connectivity index is 1.91. The molecule has 0 aromatic carbocycles. The van der Waals surface area contributed by atoms with Crippen LogP contribution in [0.25, 0.3) is 0 Å². The van der Waals surface area contributed by atoms with Crippen LogP contribution in [0.4, 0.5) is 0 Å². The van der Waals surface area contributed by atoms with E-state index in [0.29, 0.717) is 12.3 Å². The van der Waals surface area contributed by atoms with E-state index >= 15 is 0 Å². The van der Waals surface area contributed by atoms with Gasteiger partial charge in [-0.2, -0.15) is 0 Å². The summed E-state index contributed by atoms with van der Waals surface area (Å²) in [6, 6.07) is 0. The molecule has 0 bridgehead atoms. The van der Waals surface area contributed by atoms with E-state index < -0.39 is 0 Å². The third-order valence-electron chi connectivity index (χ3n) is 3.33. The van der Waals surface area contributed by atoms with E-state index in [1.807, 2.05) is 16.4 Å². The van der Waals surface area contributed by atoms with Gasteiger partial charge in [0, 0.05) is 19.6 Å². The first-order valence-corrected chi connectivity index (χ1v) is 7.77. The Labute approximate surface area is 117 Å². The number of hydrogen-bond acceptors (Lipinski definition) is 5. The first kappa shape index (κ1) is 14.3. The van der Waals surface area contributed by atoms with Crippen molar-refractivity contribution in [3.05, 3.63) is 5.82 Å². The second-order valence-electron chi connectivity index (χ2n) is 4.58. The molecule has 106 valence electrons. The van der Waals surface area contributed by atoms with Gasteiger partial charge in [-0.15, -0.1) is 10.2 Å². The summed E-state index contributed by atoms with van der Waals surface area (Å²) in [5.41, 5.74) is 5.60. The molecule has 1 amide bonds. The molecule has 0 atom stereocenters. The van der Waals surface area contributed by atoms with Gasteiger partial charge in [0.1, 0.15) is 5.82 Å². The van der Waals surface area contributed by atoms with Crippen molar-refractivity contribution >= 4 is 17.7 Å². The maximum Gasteiger partial charge on any atom is 0.233 e. The lowest BCUT2D eigenvalue weighted by Gasteiger charge is -2.26. The van der Waals surface area contributed by atoms with Crippen LogP contribution in [0.15, 0.2) is 5.16 Å². The smallest absolute Gasteiger partial charge is 0.233 e. The molecule has 0 unspecified atom stereocenters. The summed E-state index contributed by atoms with van der Waals surface area (Å²) in [7, 11) is 0. The van der Waals surface area contributed by atoms with Gasteiger partial charge in [-0.05, 0) is 26.2 Å². The van der Waals surface area contributed by atoms with Gasteiger partial charge in [0.05, 0.1) is 12.3 Å². The fourth-order valence-electron chi connectivity index (χ4n) is 2.26. The fourth-order valence-corrected chi connectivity index (χ4v) is 3.18. The first-order chi connectivity index (χ1) is 9.26. The number of nitrogens with two attached hydrogens (primary N) is 1. The van der Waals surface area contributed by atoms with Gasteiger partial charge in [-0.1, -0.05) is 11.8 Å². The monoisotopic (exact) mass is 283 g/mol. The van der Waals surface area contributed by atoms with E-state index in [-0.39, 0.29) is 5.91 Å². The minimum Gasteiger partial charge on any atom is -0.342 e. The largest absolute Gasteiger partial charge is 0.342 e. The average molecular weight is 283 g/mol. The summed E-state index contributed by atoms with van der Waals surface area (Å²) in [4.78, 5) is 14.0. The highest BCUT2D eigenvalue weighted by Crippen LogP contribution is 2.18. The lowest BCUT2D eigenvalue weighted by atomic mass is 10.1. The third kappa shape index (κ3) is 3.48. The number of rotatable bonds is 5. The molecular weight excluding hydrogens is 262 g/mol. The molecule has 2 N–H and O–H groups in total. The topological polar surface area (TPSA) is 77.0 Å². The van der Waals surface area contributed by atoms with Crippen LogP contribution in [0.3, 0.4) is 0 Å². The molecule has 0 spiro atoms. The predicted octanol–water partition coefficient (Wildman–Crippen LogP) is 0.861. The normalized spacial score (nSPS) is 15.8. The summed E-state index contributed by atoms with van der Waals surface area (Å²) in [5.74, 6) is 1.41. The zero-order valence-electron chi connectivity index (χ0n) is 11.3. The molecule has 7 heteroatoms. The van der Waals surface area contributed by atoms with Crippen LogP contribution < -0.4 is 5.73 Å². The molecule has 1 aromatic heterocycles. The molecule has 1 aromatic rings. The van der Waals surface area contributed by atoms with Crippen LogP contribution in [0.2, 0.25) is 0 Å². The first-order valence-electron chi connectivity index (χ1n) is 6.79. The van der Waals surface area contributed by atoms with Crippen molar-refractivity contribution in [2.75, 3.05) is 18.8 Å². The molecule has 6 nitrogen and oxygen atoms in total. The van der Waals surface area contributed by atoms with Crippen LogP contribution in [-0.2, 0) is 17.9 Å². The van der Waals surface area contributed by atoms with Gasteiger partial charge in [-0.25, -0.2) is 0 Å². The highest BCUT2D eigenvalue weighted by molar-refractivity contribution is 7.99. The Hall–Kier alpha value is -1.08. The van der Waals surface area contributed by atoms with E-state index in [0.717, 1.165) is 43.5 Å². The number of likely N-dealkylation sites (tertiary alicyclic amines) is 1. The second kappa shape index (κ2) is 6.91. The quantitative estimate of drug-likeness (QED) is 0.811. The maximum absolute atomic E-state index is 12.1. The summed E-state index contributed by atoms with van der Waals surface area (Å²) in [6.07, 6.45) is 3.48. The zero-order valence-corrected chi connectivity index (χ0v) is 12.2. The Morgan fingerprint density at radius 2 is 2.05 bits per heavy atom. The van der Waals surface area contributed by atoms with Gasteiger partial charge < -0.3 is 15.2 Å². The van der Waals surface area contributed by atoms with E-state index in [4.69, 9.17) is 5.73 Å². The molecule has 2 rings (SSSR count). The highest BCUT2D eigenvalue weighted by atomic mass is 32.2. The van der Waals surface area contributed by atoms with Crippen LogP contribution in [0.5, 0.6) is 0 Å². The van der Waals surface area contributed by atoms with Crippen molar-refractivity contribution in [2.24, 2.45) is 5.73 Å². The van der Waals surface area contributed by atoms with Gasteiger partial charge in [0.15, 0.2) is 5.16 Å². The van der Waals surface area contributed by atoms with Crippen LogP contribution in [-0.4, -0.2) is 44.4 Å². The summed E-state index contributed by atoms with van der Waals surface area (Å²) >= 11 is 1.45. The minimum absolute atomic E-state index is 0.199. The molecular formula is C12H21N5OS. The molecule has 1 fully saturated rings. The average Bonchev–Trinajstić information content (AvgIpc) is 2.87. The van der Waals surface area contributed by atoms with Crippen LogP contribution in [0.1, 0.15) is 32.0 Å². The van der Waals surface area contributed by atoms with Gasteiger partial charge in [0.2, 0.25) is 5.91 Å². The highest BCUT2D eigenvalue weighted by Gasteiger charge is 2.18. The molecule has 2 heterocycles. The lowest BCUT2D eigenvalue weighted by molar-refractivity contribution is -0.129. The maximum atomic E-state index is 12.1. The zero-order chi connectivity index (χ0) is 13.7. The molecule has 19 heavy (non-hydrogen) atoms.